The van der Waals surface area contributed by atoms with E-state index in [0.29, 0.717) is 22.7 Å². The Bertz CT molecular complexity index is 1410. The molecule has 8 nitrogen and oxygen atoms in total. The van der Waals surface area contributed by atoms with Gasteiger partial charge in [0, 0.05) is 24.1 Å². The van der Waals surface area contributed by atoms with Gasteiger partial charge in [-0.1, -0.05) is 57.2 Å². The summed E-state index contributed by atoms with van der Waals surface area (Å²) >= 11 is 0. The molecule has 1 atom stereocenters. The molecule has 0 bridgehead atoms. The lowest BCUT2D eigenvalue weighted by Crippen LogP contribution is -2.58. The largest absolute Gasteiger partial charge is 0.496 e. The maximum Gasteiger partial charge on any atom is 0.343 e. The molecule has 0 fully saturated rings. The normalized spacial score (nSPS) is 16.2. The van der Waals surface area contributed by atoms with E-state index in [9.17, 15) is 14.4 Å². The fourth-order valence-electron chi connectivity index (χ4n) is 5.21. The number of methoxy groups -OCH3 is 3. The molecule has 1 heterocycles. The zero-order chi connectivity index (χ0) is 29.1. The molecular formula is C32H35NO7. The molecule has 1 amide bonds. The summed E-state index contributed by atoms with van der Waals surface area (Å²) in [7, 11) is 4.19. The number of nitrogens with zero attached hydrogens (tertiary/aromatic N) is 1. The third-order valence-corrected chi connectivity index (χ3v) is 7.15. The van der Waals surface area contributed by atoms with E-state index in [0.717, 1.165) is 16.7 Å². The van der Waals surface area contributed by atoms with Crippen LogP contribution in [0.4, 0.5) is 5.69 Å². The molecular weight excluding hydrogens is 510 g/mol. The van der Waals surface area contributed by atoms with Gasteiger partial charge in [0.25, 0.3) is 5.91 Å². The smallest absolute Gasteiger partial charge is 0.343 e. The quantitative estimate of drug-likeness (QED) is 0.372. The van der Waals surface area contributed by atoms with Crippen molar-refractivity contribution in [2.24, 2.45) is 0 Å². The van der Waals surface area contributed by atoms with Crippen LogP contribution < -0.4 is 14.4 Å². The van der Waals surface area contributed by atoms with Crippen molar-refractivity contribution in [3.63, 3.8) is 0 Å². The van der Waals surface area contributed by atoms with Gasteiger partial charge < -0.3 is 18.9 Å². The van der Waals surface area contributed by atoms with E-state index in [-0.39, 0.29) is 30.8 Å². The van der Waals surface area contributed by atoms with Crippen LogP contribution in [0, 0.1) is 0 Å². The highest BCUT2D eigenvalue weighted by Crippen LogP contribution is 2.44. The summed E-state index contributed by atoms with van der Waals surface area (Å²) in [5.41, 5.74) is 1.95. The summed E-state index contributed by atoms with van der Waals surface area (Å²) in [4.78, 5) is 41.2. The lowest BCUT2D eigenvalue weighted by molar-refractivity contribution is -0.146. The van der Waals surface area contributed by atoms with Crippen molar-refractivity contribution in [1.82, 2.24) is 0 Å². The van der Waals surface area contributed by atoms with Crippen molar-refractivity contribution in [3.05, 3.63) is 89.0 Å². The van der Waals surface area contributed by atoms with E-state index >= 15 is 0 Å². The van der Waals surface area contributed by atoms with Crippen LogP contribution in [0.15, 0.2) is 66.7 Å². The minimum absolute atomic E-state index is 0.197. The topological polar surface area (TPSA) is 91.4 Å². The summed E-state index contributed by atoms with van der Waals surface area (Å²) in [6.45, 7) is 5.96. The molecule has 1 aliphatic rings. The van der Waals surface area contributed by atoms with Crippen molar-refractivity contribution < 1.29 is 33.3 Å². The van der Waals surface area contributed by atoms with E-state index in [1.165, 1.54) is 19.1 Å². The molecule has 0 saturated carbocycles. The predicted octanol–water partition coefficient (Wildman–Crippen LogP) is 4.90. The molecule has 210 valence electrons. The van der Waals surface area contributed by atoms with Gasteiger partial charge in [0.2, 0.25) is 0 Å². The summed E-state index contributed by atoms with van der Waals surface area (Å²) in [6.07, 6.45) is 0.429. The SMILES string of the molecule is COC(=O)COc1ccc2c(c1)CC(Cc1ccccc1)(C(=O)OC)N2C(=O)c1ccc(C(C)(C)C)c(OC)c1. The molecule has 0 saturated heterocycles. The first-order valence-corrected chi connectivity index (χ1v) is 13.0. The number of rotatable bonds is 8. The van der Waals surface area contributed by atoms with Crippen molar-refractivity contribution in [1.29, 1.82) is 0 Å². The van der Waals surface area contributed by atoms with Gasteiger partial charge in [-0.3, -0.25) is 9.69 Å². The number of ether oxygens (including phenoxy) is 4. The highest BCUT2D eigenvalue weighted by molar-refractivity contribution is 6.13. The Morgan fingerprint density at radius 2 is 1.62 bits per heavy atom. The van der Waals surface area contributed by atoms with Crippen molar-refractivity contribution in [3.8, 4) is 11.5 Å². The second-order valence-electron chi connectivity index (χ2n) is 10.8. The first-order chi connectivity index (χ1) is 19.0. The maximum absolute atomic E-state index is 14.4. The Morgan fingerprint density at radius 1 is 0.900 bits per heavy atom. The second kappa shape index (κ2) is 11.4. The third kappa shape index (κ3) is 5.52. The Morgan fingerprint density at radius 3 is 2.25 bits per heavy atom. The Labute approximate surface area is 234 Å². The maximum atomic E-state index is 14.4. The number of esters is 2. The molecule has 0 aliphatic carbocycles. The number of carbonyl (C=O) groups is 3. The number of hydrogen-bond donors (Lipinski definition) is 0. The Balaban J connectivity index is 1.85. The Hall–Kier alpha value is -4.33. The average Bonchev–Trinajstić information content (AvgIpc) is 3.28. The van der Waals surface area contributed by atoms with E-state index in [4.69, 9.17) is 14.2 Å². The molecule has 40 heavy (non-hydrogen) atoms. The Kier molecular flexibility index (Phi) is 8.18. The third-order valence-electron chi connectivity index (χ3n) is 7.15. The van der Waals surface area contributed by atoms with Crippen LogP contribution in [0.25, 0.3) is 0 Å². The highest BCUT2D eigenvalue weighted by Gasteiger charge is 2.54. The van der Waals surface area contributed by atoms with Crippen LogP contribution in [0.2, 0.25) is 0 Å². The molecule has 4 rings (SSSR count). The fourth-order valence-corrected chi connectivity index (χ4v) is 5.21. The molecule has 0 aromatic heterocycles. The van der Waals surface area contributed by atoms with Crippen LogP contribution in [-0.2, 0) is 37.3 Å². The molecule has 8 heteroatoms. The predicted molar refractivity (Wildman–Crippen MR) is 151 cm³/mol. The number of carbonyl (C=O) groups excluding carboxylic acids is 3. The summed E-state index contributed by atoms with van der Waals surface area (Å²) in [6, 6.07) is 20.0. The number of hydrogen-bond acceptors (Lipinski definition) is 7. The molecule has 3 aromatic rings. The molecule has 0 N–H and O–H groups in total. The minimum atomic E-state index is -1.35. The van der Waals surface area contributed by atoms with Crippen molar-refractivity contribution in [2.45, 2.75) is 44.6 Å². The highest BCUT2D eigenvalue weighted by atomic mass is 16.6. The van der Waals surface area contributed by atoms with Crippen molar-refractivity contribution in [2.75, 3.05) is 32.8 Å². The lowest BCUT2D eigenvalue weighted by atomic mass is 9.85. The van der Waals surface area contributed by atoms with Crippen LogP contribution in [0.1, 0.15) is 47.8 Å². The zero-order valence-corrected chi connectivity index (χ0v) is 23.8. The van der Waals surface area contributed by atoms with E-state index in [1.54, 1.807) is 37.4 Å². The van der Waals surface area contributed by atoms with Gasteiger partial charge in [0.15, 0.2) is 12.1 Å². The number of anilines is 1. The fraction of sp³-hybridized carbons (Fsp3) is 0.344. The monoisotopic (exact) mass is 545 g/mol. The van der Waals surface area contributed by atoms with Gasteiger partial charge in [-0.2, -0.15) is 0 Å². The standard InChI is InChI=1S/C32H35NO7/c1-31(2,3)25-14-12-22(17-27(25)37-4)29(35)33-26-15-13-24(40-20-28(34)38-5)16-23(26)19-32(33,30(36)39-6)18-21-10-8-7-9-11-21/h7-17H,18-20H2,1-6H3. The molecule has 1 aliphatic heterocycles. The van der Waals surface area contributed by atoms with E-state index in [1.807, 2.05) is 36.4 Å². The van der Waals surface area contributed by atoms with Gasteiger partial charge in [-0.05, 0) is 52.4 Å². The van der Waals surface area contributed by atoms with Crippen LogP contribution in [0.3, 0.4) is 0 Å². The van der Waals surface area contributed by atoms with Crippen LogP contribution >= 0.6 is 0 Å². The van der Waals surface area contributed by atoms with Gasteiger partial charge in [0.05, 0.1) is 21.3 Å². The summed E-state index contributed by atoms with van der Waals surface area (Å²) < 4.78 is 21.3. The zero-order valence-electron chi connectivity index (χ0n) is 23.8. The average molecular weight is 546 g/mol. The minimum Gasteiger partial charge on any atom is -0.496 e. The molecule has 1 unspecified atom stereocenters. The molecule has 0 radical (unpaired) electrons. The second-order valence-corrected chi connectivity index (χ2v) is 10.8. The van der Waals surface area contributed by atoms with Gasteiger partial charge in [-0.15, -0.1) is 0 Å². The number of fused-ring (bicyclic) bond motifs is 1. The summed E-state index contributed by atoms with van der Waals surface area (Å²) in [5.74, 6) is -0.389. The summed E-state index contributed by atoms with van der Waals surface area (Å²) in [5, 5.41) is 0. The van der Waals surface area contributed by atoms with E-state index < -0.39 is 17.5 Å². The van der Waals surface area contributed by atoms with Crippen LogP contribution in [-0.4, -0.2) is 51.3 Å². The van der Waals surface area contributed by atoms with Gasteiger partial charge in [-0.25, -0.2) is 9.59 Å². The first kappa shape index (κ1) is 28.7. The van der Waals surface area contributed by atoms with Gasteiger partial charge in [0.1, 0.15) is 11.5 Å². The van der Waals surface area contributed by atoms with E-state index in [2.05, 4.69) is 25.5 Å². The molecule has 3 aromatic carbocycles. The first-order valence-electron chi connectivity index (χ1n) is 13.0. The number of benzene rings is 3. The van der Waals surface area contributed by atoms with Gasteiger partial charge >= 0.3 is 11.9 Å². The lowest BCUT2D eigenvalue weighted by Gasteiger charge is -2.36. The number of amides is 1. The van der Waals surface area contributed by atoms with Crippen molar-refractivity contribution >= 4 is 23.5 Å². The molecule has 0 spiro atoms. The van der Waals surface area contributed by atoms with Crippen LogP contribution in [0.5, 0.6) is 11.5 Å².